The molecule has 1 aliphatic rings. The van der Waals surface area contributed by atoms with Gasteiger partial charge in [0, 0.05) is 12.6 Å². The lowest BCUT2D eigenvalue weighted by atomic mass is 9.95. The summed E-state index contributed by atoms with van der Waals surface area (Å²) < 4.78 is 27.5. The molecule has 1 aromatic heterocycles. The SMILES string of the molecule is CCN(C1CCCCC1)S(=O)(=O)c1ccc(C(N)=S)s1. The van der Waals surface area contributed by atoms with Gasteiger partial charge in [-0.2, -0.15) is 4.31 Å². The number of nitrogens with two attached hydrogens (primary N) is 1. The van der Waals surface area contributed by atoms with E-state index in [1.807, 2.05) is 6.92 Å². The minimum atomic E-state index is -3.43. The fourth-order valence-corrected chi connectivity index (χ4v) is 5.87. The highest BCUT2D eigenvalue weighted by molar-refractivity contribution is 7.91. The monoisotopic (exact) mass is 332 g/mol. The highest BCUT2D eigenvalue weighted by atomic mass is 32.2. The van der Waals surface area contributed by atoms with Crippen molar-refractivity contribution >= 4 is 38.6 Å². The number of thiocarbonyl (C=S) groups is 1. The third-order valence-electron chi connectivity index (χ3n) is 3.68. The zero-order chi connectivity index (χ0) is 14.8. The van der Waals surface area contributed by atoms with Crippen molar-refractivity contribution in [2.75, 3.05) is 6.54 Å². The predicted octanol–water partition coefficient (Wildman–Crippen LogP) is 2.73. The van der Waals surface area contributed by atoms with Gasteiger partial charge in [-0.3, -0.25) is 0 Å². The van der Waals surface area contributed by atoms with Crippen LogP contribution in [0.15, 0.2) is 16.3 Å². The van der Waals surface area contributed by atoms with Crippen molar-refractivity contribution in [3.63, 3.8) is 0 Å². The summed E-state index contributed by atoms with van der Waals surface area (Å²) in [6.07, 6.45) is 5.35. The second-order valence-corrected chi connectivity index (χ2v) is 8.62. The fourth-order valence-electron chi connectivity index (χ4n) is 2.70. The molecule has 1 aromatic rings. The summed E-state index contributed by atoms with van der Waals surface area (Å²) in [5.41, 5.74) is 5.56. The van der Waals surface area contributed by atoms with Crippen LogP contribution in [0.1, 0.15) is 43.9 Å². The molecule has 0 aromatic carbocycles. The molecule has 1 fully saturated rings. The molecule has 112 valence electrons. The molecular formula is C13H20N2O2S3. The first-order valence-corrected chi connectivity index (χ1v) is 9.54. The molecule has 2 N–H and O–H groups in total. The van der Waals surface area contributed by atoms with Gasteiger partial charge in [0.2, 0.25) is 0 Å². The first-order valence-electron chi connectivity index (χ1n) is 6.88. The Kier molecular flexibility index (Phi) is 5.17. The maximum atomic E-state index is 12.8. The van der Waals surface area contributed by atoms with E-state index in [0.29, 0.717) is 15.6 Å². The van der Waals surface area contributed by atoms with Gasteiger partial charge in [-0.1, -0.05) is 38.4 Å². The van der Waals surface area contributed by atoms with Gasteiger partial charge in [0.05, 0.1) is 4.88 Å². The van der Waals surface area contributed by atoms with E-state index < -0.39 is 10.0 Å². The summed E-state index contributed by atoms with van der Waals surface area (Å²) in [6.45, 7) is 2.40. The Balaban J connectivity index is 2.28. The molecule has 0 unspecified atom stereocenters. The molecule has 0 amide bonds. The van der Waals surface area contributed by atoms with Crippen LogP contribution < -0.4 is 5.73 Å². The molecule has 0 radical (unpaired) electrons. The van der Waals surface area contributed by atoms with E-state index in [1.165, 1.54) is 6.42 Å². The number of rotatable bonds is 5. The van der Waals surface area contributed by atoms with Gasteiger partial charge in [-0.05, 0) is 25.0 Å². The number of sulfonamides is 1. The van der Waals surface area contributed by atoms with Crippen LogP contribution >= 0.6 is 23.6 Å². The summed E-state index contributed by atoms with van der Waals surface area (Å²) in [4.78, 5) is 0.899. The largest absolute Gasteiger partial charge is 0.389 e. The third kappa shape index (κ3) is 3.21. The highest BCUT2D eigenvalue weighted by Crippen LogP contribution is 2.30. The summed E-state index contributed by atoms with van der Waals surface area (Å²) in [5.74, 6) is 0. The van der Waals surface area contributed by atoms with Crippen LogP contribution in [0, 0.1) is 0 Å². The van der Waals surface area contributed by atoms with Crippen LogP contribution in [0.25, 0.3) is 0 Å². The van der Waals surface area contributed by atoms with Crippen molar-refractivity contribution in [2.24, 2.45) is 5.73 Å². The zero-order valence-corrected chi connectivity index (χ0v) is 14.0. The van der Waals surface area contributed by atoms with Gasteiger partial charge < -0.3 is 5.73 Å². The van der Waals surface area contributed by atoms with Gasteiger partial charge in [-0.15, -0.1) is 11.3 Å². The molecule has 4 nitrogen and oxygen atoms in total. The highest BCUT2D eigenvalue weighted by Gasteiger charge is 2.32. The molecule has 20 heavy (non-hydrogen) atoms. The standard InChI is InChI=1S/C13H20N2O2S3/c1-2-15(10-6-4-3-5-7-10)20(16,17)12-9-8-11(19-12)13(14)18/h8-10H,2-7H2,1H3,(H2,14,18). The third-order valence-corrected chi connectivity index (χ3v) is 7.64. The Bertz CT molecular complexity index is 574. The van der Waals surface area contributed by atoms with E-state index in [9.17, 15) is 8.42 Å². The smallest absolute Gasteiger partial charge is 0.252 e. The first-order chi connectivity index (χ1) is 9.46. The van der Waals surface area contributed by atoms with Gasteiger partial charge in [-0.25, -0.2) is 8.42 Å². The van der Waals surface area contributed by atoms with Gasteiger partial charge >= 0.3 is 0 Å². The quantitative estimate of drug-likeness (QED) is 0.842. The maximum Gasteiger partial charge on any atom is 0.252 e. The van der Waals surface area contributed by atoms with E-state index in [-0.39, 0.29) is 11.0 Å². The first kappa shape index (κ1) is 15.9. The van der Waals surface area contributed by atoms with Crippen LogP contribution in [0.5, 0.6) is 0 Å². The number of hydrogen-bond acceptors (Lipinski definition) is 4. The lowest BCUT2D eigenvalue weighted by molar-refractivity contribution is 0.262. The predicted molar refractivity (Wildman–Crippen MR) is 86.6 cm³/mol. The fraction of sp³-hybridized carbons (Fsp3) is 0.615. The molecular weight excluding hydrogens is 312 g/mol. The molecule has 7 heteroatoms. The maximum absolute atomic E-state index is 12.8. The number of thiophene rings is 1. The van der Waals surface area contributed by atoms with Gasteiger partial charge in [0.1, 0.15) is 9.20 Å². The van der Waals surface area contributed by atoms with E-state index in [1.54, 1.807) is 16.4 Å². The molecule has 0 saturated heterocycles. The Labute approximate surface area is 130 Å². The van der Waals surface area contributed by atoms with E-state index in [2.05, 4.69) is 0 Å². The summed E-state index contributed by atoms with van der Waals surface area (Å²) in [7, 11) is -3.43. The summed E-state index contributed by atoms with van der Waals surface area (Å²) in [5, 5.41) is 0. The van der Waals surface area contributed by atoms with Crippen LogP contribution in [-0.4, -0.2) is 30.3 Å². The normalized spacial score (nSPS) is 17.5. The molecule has 0 aliphatic heterocycles. The van der Waals surface area contributed by atoms with Crippen molar-refractivity contribution in [2.45, 2.75) is 49.3 Å². The Hall–Kier alpha value is -0.500. The molecule has 1 aliphatic carbocycles. The molecule has 1 heterocycles. The molecule has 2 rings (SSSR count). The molecule has 0 spiro atoms. The molecule has 1 saturated carbocycles. The van der Waals surface area contributed by atoms with E-state index >= 15 is 0 Å². The van der Waals surface area contributed by atoms with E-state index in [0.717, 1.165) is 37.0 Å². The van der Waals surface area contributed by atoms with Crippen molar-refractivity contribution in [1.82, 2.24) is 4.31 Å². The van der Waals surface area contributed by atoms with Gasteiger partial charge in [0.15, 0.2) is 0 Å². The van der Waals surface area contributed by atoms with Gasteiger partial charge in [0.25, 0.3) is 10.0 Å². The Morgan fingerprint density at radius 3 is 2.55 bits per heavy atom. The second kappa shape index (κ2) is 6.51. The summed E-state index contributed by atoms with van der Waals surface area (Å²) in [6, 6.07) is 3.43. The van der Waals surface area contributed by atoms with E-state index in [4.69, 9.17) is 18.0 Å². The van der Waals surface area contributed by atoms with Crippen molar-refractivity contribution in [3.05, 3.63) is 17.0 Å². The van der Waals surface area contributed by atoms with Crippen LogP contribution in [0.2, 0.25) is 0 Å². The van der Waals surface area contributed by atoms with Crippen LogP contribution in [-0.2, 0) is 10.0 Å². The van der Waals surface area contributed by atoms with Crippen molar-refractivity contribution in [1.29, 1.82) is 0 Å². The lowest BCUT2D eigenvalue weighted by Gasteiger charge is -2.32. The molecule has 0 atom stereocenters. The topological polar surface area (TPSA) is 63.4 Å². The second-order valence-electron chi connectivity index (χ2n) is 4.98. The molecule has 0 bridgehead atoms. The minimum absolute atomic E-state index is 0.133. The van der Waals surface area contributed by atoms with Crippen molar-refractivity contribution in [3.8, 4) is 0 Å². The van der Waals surface area contributed by atoms with Crippen LogP contribution in [0.4, 0.5) is 0 Å². The van der Waals surface area contributed by atoms with Crippen molar-refractivity contribution < 1.29 is 8.42 Å². The average Bonchev–Trinajstić information content (AvgIpc) is 2.91. The zero-order valence-electron chi connectivity index (χ0n) is 11.5. The lowest BCUT2D eigenvalue weighted by Crippen LogP contribution is -2.40. The average molecular weight is 333 g/mol. The Morgan fingerprint density at radius 1 is 1.40 bits per heavy atom. The number of hydrogen-bond donors (Lipinski definition) is 1. The Morgan fingerprint density at radius 2 is 2.05 bits per heavy atom. The number of nitrogens with zero attached hydrogens (tertiary/aromatic N) is 1. The minimum Gasteiger partial charge on any atom is -0.389 e. The summed E-state index contributed by atoms with van der Waals surface area (Å²) >= 11 is 6.06. The van der Waals surface area contributed by atoms with Crippen LogP contribution in [0.3, 0.4) is 0 Å².